The number of nitrogens with zero attached hydrogens (tertiary/aromatic N) is 1. The number of aliphatic hydroxyl groups excluding tert-OH is 1. The summed E-state index contributed by atoms with van der Waals surface area (Å²) in [5.41, 5.74) is 5.87. The summed E-state index contributed by atoms with van der Waals surface area (Å²) < 4.78 is 30.2. The number of aliphatic hydroxyl groups is 1. The molecule has 0 radical (unpaired) electrons. The summed E-state index contributed by atoms with van der Waals surface area (Å²) in [4.78, 5) is 3.97. The first kappa shape index (κ1) is 11.9. The number of nitrogens with two attached hydrogens (primary N) is 1. The quantitative estimate of drug-likeness (QED) is 0.861. The van der Waals surface area contributed by atoms with Gasteiger partial charge in [0.15, 0.2) is 5.58 Å². The topological polar surface area (TPSA) is 72.3 Å². The van der Waals surface area contributed by atoms with Crippen LogP contribution in [0.25, 0.3) is 11.1 Å². The molecule has 3 N–H and O–H groups in total. The van der Waals surface area contributed by atoms with Gasteiger partial charge in [-0.25, -0.2) is 13.8 Å². The Morgan fingerprint density at radius 3 is 2.82 bits per heavy atom. The average molecular weight is 242 g/mol. The summed E-state index contributed by atoms with van der Waals surface area (Å²) in [6, 6.07) is 3.95. The lowest BCUT2D eigenvalue weighted by molar-refractivity contribution is 0.139. The number of rotatable bonds is 4. The fourth-order valence-corrected chi connectivity index (χ4v) is 1.52. The van der Waals surface area contributed by atoms with E-state index in [0.29, 0.717) is 24.1 Å². The lowest BCUT2D eigenvalue weighted by Gasteiger charge is -2.01. The van der Waals surface area contributed by atoms with Crippen molar-refractivity contribution in [2.24, 2.45) is 5.73 Å². The number of hydrogen-bond donors (Lipinski definition) is 2. The SMILES string of the molecule is NCCC(O)c1nc2cc(C(F)F)ccc2o1. The Balaban J connectivity index is 2.36. The largest absolute Gasteiger partial charge is 0.438 e. The van der Waals surface area contributed by atoms with Crippen molar-refractivity contribution in [2.75, 3.05) is 6.54 Å². The zero-order chi connectivity index (χ0) is 12.4. The second kappa shape index (κ2) is 4.77. The Kier molecular flexibility index (Phi) is 3.35. The summed E-state index contributed by atoms with van der Waals surface area (Å²) in [7, 11) is 0. The van der Waals surface area contributed by atoms with Gasteiger partial charge in [-0.2, -0.15) is 0 Å². The van der Waals surface area contributed by atoms with Crippen LogP contribution < -0.4 is 5.73 Å². The van der Waals surface area contributed by atoms with Gasteiger partial charge in [0, 0.05) is 5.56 Å². The third kappa shape index (κ3) is 2.42. The van der Waals surface area contributed by atoms with Crippen LogP contribution in [-0.4, -0.2) is 16.6 Å². The van der Waals surface area contributed by atoms with Crippen molar-refractivity contribution in [3.05, 3.63) is 29.7 Å². The van der Waals surface area contributed by atoms with Gasteiger partial charge in [0.2, 0.25) is 5.89 Å². The van der Waals surface area contributed by atoms with Crippen LogP contribution in [0.15, 0.2) is 22.6 Å². The Labute approximate surface area is 96.1 Å². The van der Waals surface area contributed by atoms with Crippen LogP contribution in [0.4, 0.5) is 8.78 Å². The predicted molar refractivity (Wildman–Crippen MR) is 57.6 cm³/mol. The fourth-order valence-electron chi connectivity index (χ4n) is 1.52. The molecular formula is C11H12F2N2O2. The van der Waals surface area contributed by atoms with E-state index in [1.807, 2.05) is 0 Å². The summed E-state index contributed by atoms with van der Waals surface area (Å²) in [6.07, 6.45) is -3.13. The van der Waals surface area contributed by atoms with E-state index in [2.05, 4.69) is 4.98 Å². The molecule has 1 aromatic carbocycles. The van der Waals surface area contributed by atoms with Crippen LogP contribution in [0.3, 0.4) is 0 Å². The standard InChI is InChI=1S/C11H12F2N2O2/c12-10(13)6-1-2-9-7(5-6)15-11(17-9)8(16)3-4-14/h1-2,5,8,10,16H,3-4,14H2. The highest BCUT2D eigenvalue weighted by Gasteiger charge is 2.16. The van der Waals surface area contributed by atoms with Gasteiger partial charge in [-0.15, -0.1) is 0 Å². The molecule has 17 heavy (non-hydrogen) atoms. The van der Waals surface area contributed by atoms with Gasteiger partial charge in [0.25, 0.3) is 6.43 Å². The normalized spacial score (nSPS) is 13.5. The summed E-state index contributed by atoms with van der Waals surface area (Å²) >= 11 is 0. The van der Waals surface area contributed by atoms with Crippen molar-refractivity contribution in [1.29, 1.82) is 0 Å². The maximum atomic E-state index is 12.5. The van der Waals surface area contributed by atoms with Crippen LogP contribution in [0, 0.1) is 0 Å². The first-order chi connectivity index (χ1) is 8.11. The lowest BCUT2D eigenvalue weighted by atomic mass is 10.2. The van der Waals surface area contributed by atoms with E-state index >= 15 is 0 Å². The Bertz CT molecular complexity index is 513. The third-order valence-corrected chi connectivity index (χ3v) is 2.41. The van der Waals surface area contributed by atoms with E-state index in [1.54, 1.807) is 0 Å². The number of halogens is 2. The number of hydrogen-bond acceptors (Lipinski definition) is 4. The van der Waals surface area contributed by atoms with Gasteiger partial charge in [0.05, 0.1) is 0 Å². The van der Waals surface area contributed by atoms with Gasteiger partial charge in [0.1, 0.15) is 11.6 Å². The molecule has 2 rings (SSSR count). The molecule has 2 aromatic rings. The van der Waals surface area contributed by atoms with Crippen molar-refractivity contribution in [3.8, 4) is 0 Å². The molecule has 0 aliphatic heterocycles. The summed E-state index contributed by atoms with van der Waals surface area (Å²) in [5.74, 6) is 0.108. The molecule has 0 spiro atoms. The van der Waals surface area contributed by atoms with Crippen LogP contribution in [0.5, 0.6) is 0 Å². The van der Waals surface area contributed by atoms with Crippen LogP contribution in [-0.2, 0) is 0 Å². The van der Waals surface area contributed by atoms with Gasteiger partial charge in [-0.1, -0.05) is 0 Å². The second-order valence-electron chi connectivity index (χ2n) is 3.67. The Morgan fingerprint density at radius 2 is 2.18 bits per heavy atom. The van der Waals surface area contributed by atoms with E-state index in [-0.39, 0.29) is 11.5 Å². The number of benzene rings is 1. The molecule has 0 amide bonds. The van der Waals surface area contributed by atoms with Crippen LogP contribution in [0.2, 0.25) is 0 Å². The van der Waals surface area contributed by atoms with Gasteiger partial charge < -0.3 is 15.3 Å². The smallest absolute Gasteiger partial charge is 0.263 e. The molecule has 1 unspecified atom stereocenters. The minimum atomic E-state index is -2.55. The number of alkyl halides is 2. The average Bonchev–Trinajstić information content (AvgIpc) is 2.71. The Morgan fingerprint density at radius 1 is 1.41 bits per heavy atom. The van der Waals surface area contributed by atoms with E-state index < -0.39 is 12.5 Å². The maximum Gasteiger partial charge on any atom is 0.263 e. The van der Waals surface area contributed by atoms with Gasteiger partial charge in [-0.05, 0) is 31.2 Å². The lowest BCUT2D eigenvalue weighted by Crippen LogP contribution is -2.06. The second-order valence-corrected chi connectivity index (χ2v) is 3.67. The first-order valence-corrected chi connectivity index (χ1v) is 5.18. The molecule has 0 bridgehead atoms. The maximum absolute atomic E-state index is 12.5. The van der Waals surface area contributed by atoms with Gasteiger partial charge in [-0.3, -0.25) is 0 Å². The van der Waals surface area contributed by atoms with E-state index in [1.165, 1.54) is 18.2 Å². The molecule has 6 heteroatoms. The third-order valence-electron chi connectivity index (χ3n) is 2.41. The highest BCUT2D eigenvalue weighted by molar-refractivity contribution is 5.73. The molecule has 0 aliphatic rings. The van der Waals surface area contributed by atoms with E-state index in [9.17, 15) is 13.9 Å². The summed E-state index contributed by atoms with van der Waals surface area (Å²) in [6.45, 7) is 0.294. The first-order valence-electron chi connectivity index (χ1n) is 5.18. The molecule has 0 aliphatic carbocycles. The zero-order valence-corrected chi connectivity index (χ0v) is 8.94. The highest BCUT2D eigenvalue weighted by atomic mass is 19.3. The number of oxazole rings is 1. The summed E-state index contributed by atoms with van der Waals surface area (Å²) in [5, 5.41) is 9.62. The fraction of sp³-hybridized carbons (Fsp3) is 0.364. The minimum absolute atomic E-state index is 0.108. The monoisotopic (exact) mass is 242 g/mol. The molecule has 1 atom stereocenters. The highest BCUT2D eigenvalue weighted by Crippen LogP contribution is 2.26. The van der Waals surface area contributed by atoms with Crippen LogP contribution in [0.1, 0.15) is 30.4 Å². The zero-order valence-electron chi connectivity index (χ0n) is 8.94. The van der Waals surface area contributed by atoms with E-state index in [4.69, 9.17) is 10.2 Å². The van der Waals surface area contributed by atoms with Crippen molar-refractivity contribution < 1.29 is 18.3 Å². The van der Waals surface area contributed by atoms with Crippen molar-refractivity contribution in [1.82, 2.24) is 4.98 Å². The number of fused-ring (bicyclic) bond motifs is 1. The Hall–Kier alpha value is -1.53. The predicted octanol–water partition coefficient (Wildman–Crippen LogP) is 2.15. The van der Waals surface area contributed by atoms with Crippen molar-refractivity contribution >= 4 is 11.1 Å². The van der Waals surface area contributed by atoms with Crippen molar-refractivity contribution in [2.45, 2.75) is 19.0 Å². The minimum Gasteiger partial charge on any atom is -0.438 e. The molecule has 1 aromatic heterocycles. The molecular weight excluding hydrogens is 230 g/mol. The molecule has 0 saturated carbocycles. The van der Waals surface area contributed by atoms with Crippen molar-refractivity contribution in [3.63, 3.8) is 0 Å². The molecule has 1 heterocycles. The molecule has 0 fully saturated rings. The van der Waals surface area contributed by atoms with Crippen LogP contribution >= 0.6 is 0 Å². The number of aromatic nitrogens is 1. The van der Waals surface area contributed by atoms with E-state index in [0.717, 1.165) is 0 Å². The molecule has 4 nitrogen and oxygen atoms in total. The van der Waals surface area contributed by atoms with Gasteiger partial charge >= 0.3 is 0 Å². The molecule has 0 saturated heterocycles. The molecule has 92 valence electrons.